The third-order valence-corrected chi connectivity index (χ3v) is 8.39. The maximum Gasteiger partial charge on any atom is 0.328 e. The van der Waals surface area contributed by atoms with Crippen LogP contribution in [0.5, 0.6) is 5.75 Å². The van der Waals surface area contributed by atoms with Gasteiger partial charge in [0.2, 0.25) is 0 Å². The lowest BCUT2D eigenvalue weighted by Crippen LogP contribution is -2.11. The Morgan fingerprint density at radius 3 is 2.08 bits per heavy atom. The molecule has 0 spiro atoms. The second kappa shape index (κ2) is 16.4. The highest BCUT2D eigenvalue weighted by Gasteiger charge is 2.21. The normalized spacial score (nSPS) is 13.4. The quantitative estimate of drug-likeness (QED) is 0.126. The number of amides is 1. The Morgan fingerprint density at radius 1 is 0.850 bits per heavy atom. The van der Waals surface area contributed by atoms with E-state index in [-0.39, 0.29) is 18.2 Å². The summed E-state index contributed by atoms with van der Waals surface area (Å²) in [5.41, 5.74) is 4.23. The van der Waals surface area contributed by atoms with Gasteiger partial charge >= 0.3 is 7.60 Å². The number of carbonyl (C=O) groups is 1. The second-order valence-electron chi connectivity index (χ2n) is 10.3. The molecule has 0 radical (unpaired) electrons. The van der Waals surface area contributed by atoms with Crippen molar-refractivity contribution in [2.45, 2.75) is 78.2 Å². The van der Waals surface area contributed by atoms with Gasteiger partial charge < -0.3 is 19.5 Å². The van der Waals surface area contributed by atoms with E-state index in [2.05, 4.69) is 12.2 Å². The molecule has 1 amide bonds. The third-order valence-electron chi connectivity index (χ3n) is 6.92. The van der Waals surface area contributed by atoms with Gasteiger partial charge in [0.15, 0.2) is 0 Å². The van der Waals surface area contributed by atoms with Crippen LogP contribution >= 0.6 is 7.60 Å². The maximum atomic E-state index is 12.8. The Labute approximate surface area is 239 Å². The number of nitrogens with one attached hydrogen (secondary N) is 1. The Balaban J connectivity index is 1.46. The molecule has 0 aliphatic carbocycles. The van der Waals surface area contributed by atoms with Gasteiger partial charge in [0.05, 0.1) is 18.9 Å². The van der Waals surface area contributed by atoms with Crippen molar-refractivity contribution in [3.05, 3.63) is 83.9 Å². The van der Waals surface area contributed by atoms with Crippen molar-refractivity contribution in [1.82, 2.24) is 0 Å². The molecular weight excluding hydrogens is 521 g/mol. The van der Waals surface area contributed by atoms with Gasteiger partial charge in [-0.2, -0.15) is 0 Å². The van der Waals surface area contributed by atoms with Crippen LogP contribution in [-0.4, -0.2) is 29.7 Å². The van der Waals surface area contributed by atoms with Gasteiger partial charge in [0.1, 0.15) is 5.75 Å². The molecule has 0 aliphatic heterocycles. The Morgan fingerprint density at radius 2 is 1.45 bits per heavy atom. The second-order valence-corrected chi connectivity index (χ2v) is 12.2. The fourth-order valence-corrected chi connectivity index (χ4v) is 5.62. The van der Waals surface area contributed by atoms with Gasteiger partial charge in [-0.1, -0.05) is 82.3 Å². The summed E-state index contributed by atoms with van der Waals surface area (Å²) >= 11 is 0. The molecule has 7 heteroatoms. The summed E-state index contributed by atoms with van der Waals surface area (Å²) in [6, 6.07) is 22.9. The minimum atomic E-state index is -3.62. The molecule has 0 fully saturated rings. The Hall–Kier alpha value is -2.92. The number of benzene rings is 3. The molecular formula is C33H44NO5P. The highest BCUT2D eigenvalue weighted by Crippen LogP contribution is 2.44. The molecule has 3 aromatic rings. The fourth-order valence-electron chi connectivity index (χ4n) is 4.27. The van der Waals surface area contributed by atoms with E-state index >= 15 is 0 Å². The first kappa shape index (κ1) is 31.6. The summed E-state index contributed by atoms with van der Waals surface area (Å²) in [5.74, 6) is 0.684. The van der Waals surface area contributed by atoms with E-state index in [4.69, 9.17) is 9.26 Å². The first-order valence-electron chi connectivity index (χ1n) is 14.5. The van der Waals surface area contributed by atoms with Crippen molar-refractivity contribution in [2.75, 3.05) is 18.1 Å². The molecule has 2 atom stereocenters. The summed E-state index contributed by atoms with van der Waals surface area (Å²) < 4.78 is 23.3. The summed E-state index contributed by atoms with van der Waals surface area (Å²) in [4.78, 5) is 22.8. The number of hydrogen-bond acceptors (Lipinski definition) is 4. The molecule has 40 heavy (non-hydrogen) atoms. The average Bonchev–Trinajstić information content (AvgIpc) is 2.96. The molecule has 0 bridgehead atoms. The third kappa shape index (κ3) is 10.9. The van der Waals surface area contributed by atoms with Gasteiger partial charge in [-0.05, 0) is 79.3 Å². The SMILES string of the molecule is CCCCCCCCOc1ccc(-c2ccc(C(=O)Nc3ccc(CCP(=O)(O)OC(C)CC)cc3)cc2)cc1. The topological polar surface area (TPSA) is 84.9 Å². The number of carbonyl (C=O) groups excluding carboxylic acids is 1. The number of ether oxygens (including phenoxy) is 1. The molecule has 0 aliphatic rings. The molecule has 0 saturated heterocycles. The lowest BCUT2D eigenvalue weighted by atomic mass is 10.0. The standard InChI is InChI=1S/C33H44NO5P/c1-4-6-7-8-9-10-24-38-32-21-17-29(18-22-32)28-13-15-30(16-14-28)33(35)34-31-19-11-27(12-20-31)23-25-40(36,37)39-26(3)5-2/h11-22,26H,4-10,23-25H2,1-3H3,(H,34,35)(H,36,37). The van der Waals surface area contributed by atoms with Crippen molar-refractivity contribution < 1.29 is 23.5 Å². The van der Waals surface area contributed by atoms with E-state index in [0.29, 0.717) is 24.1 Å². The maximum absolute atomic E-state index is 12.8. The summed E-state index contributed by atoms with van der Waals surface area (Å²) in [5, 5.41) is 2.91. The molecule has 0 saturated carbocycles. The molecule has 2 unspecified atom stereocenters. The van der Waals surface area contributed by atoms with Crippen molar-refractivity contribution in [1.29, 1.82) is 0 Å². The van der Waals surface area contributed by atoms with Crippen LogP contribution in [0.4, 0.5) is 5.69 Å². The summed E-state index contributed by atoms with van der Waals surface area (Å²) in [6.45, 7) is 6.68. The lowest BCUT2D eigenvalue weighted by molar-refractivity contribution is 0.102. The fraction of sp³-hybridized carbons (Fsp3) is 0.424. The Bertz CT molecular complexity index is 1210. The largest absolute Gasteiger partial charge is 0.494 e. The van der Waals surface area contributed by atoms with Crippen LogP contribution in [0, 0.1) is 0 Å². The number of rotatable bonds is 17. The smallest absolute Gasteiger partial charge is 0.328 e. The van der Waals surface area contributed by atoms with Crippen LogP contribution in [0.1, 0.15) is 81.6 Å². The molecule has 0 heterocycles. The van der Waals surface area contributed by atoms with E-state index in [1.807, 2.05) is 67.6 Å². The zero-order valence-corrected chi connectivity index (χ0v) is 25.0. The summed E-state index contributed by atoms with van der Waals surface area (Å²) in [6.07, 6.45) is 8.39. The minimum Gasteiger partial charge on any atom is -0.494 e. The van der Waals surface area contributed by atoms with E-state index in [1.165, 1.54) is 32.1 Å². The molecule has 216 valence electrons. The zero-order chi connectivity index (χ0) is 28.8. The van der Waals surface area contributed by atoms with Gasteiger partial charge in [-0.3, -0.25) is 9.36 Å². The Kier molecular flexibility index (Phi) is 12.9. The minimum absolute atomic E-state index is 0.0599. The van der Waals surface area contributed by atoms with Gasteiger partial charge in [-0.15, -0.1) is 0 Å². The molecule has 2 N–H and O–H groups in total. The van der Waals surface area contributed by atoms with E-state index in [1.54, 1.807) is 19.1 Å². The van der Waals surface area contributed by atoms with Gasteiger partial charge in [-0.25, -0.2) is 0 Å². The number of anilines is 1. The van der Waals surface area contributed by atoms with Crippen LogP contribution in [0.3, 0.4) is 0 Å². The molecule has 3 aromatic carbocycles. The van der Waals surface area contributed by atoms with Gasteiger partial charge in [0, 0.05) is 11.3 Å². The van der Waals surface area contributed by atoms with Crippen LogP contribution in [-0.2, 0) is 15.5 Å². The highest BCUT2D eigenvalue weighted by atomic mass is 31.2. The number of hydrogen-bond donors (Lipinski definition) is 2. The van der Waals surface area contributed by atoms with Gasteiger partial charge in [0.25, 0.3) is 5.91 Å². The van der Waals surface area contributed by atoms with Crippen molar-refractivity contribution >= 4 is 19.2 Å². The summed E-state index contributed by atoms with van der Waals surface area (Å²) in [7, 11) is -3.62. The number of unbranched alkanes of at least 4 members (excludes halogenated alkanes) is 5. The zero-order valence-electron chi connectivity index (χ0n) is 24.1. The molecule has 6 nitrogen and oxygen atoms in total. The van der Waals surface area contributed by atoms with Crippen LogP contribution in [0.2, 0.25) is 0 Å². The predicted octanol–water partition coefficient (Wildman–Crippen LogP) is 8.89. The van der Waals surface area contributed by atoms with E-state index in [9.17, 15) is 14.3 Å². The average molecular weight is 566 g/mol. The predicted molar refractivity (Wildman–Crippen MR) is 164 cm³/mol. The van der Waals surface area contributed by atoms with Crippen molar-refractivity contribution in [3.8, 4) is 16.9 Å². The first-order chi connectivity index (χ1) is 19.3. The van der Waals surface area contributed by atoms with Crippen molar-refractivity contribution in [3.63, 3.8) is 0 Å². The molecule has 0 aromatic heterocycles. The van der Waals surface area contributed by atoms with Crippen LogP contribution < -0.4 is 10.1 Å². The van der Waals surface area contributed by atoms with Crippen LogP contribution in [0.15, 0.2) is 72.8 Å². The van der Waals surface area contributed by atoms with E-state index < -0.39 is 7.60 Å². The molecule has 3 rings (SSSR count). The first-order valence-corrected chi connectivity index (χ1v) is 16.3. The van der Waals surface area contributed by atoms with Crippen LogP contribution in [0.25, 0.3) is 11.1 Å². The van der Waals surface area contributed by atoms with E-state index in [0.717, 1.165) is 35.5 Å². The van der Waals surface area contributed by atoms with Crippen molar-refractivity contribution in [2.24, 2.45) is 0 Å². The number of aryl methyl sites for hydroxylation is 1. The lowest BCUT2D eigenvalue weighted by Gasteiger charge is -2.16. The monoisotopic (exact) mass is 565 g/mol. The highest BCUT2D eigenvalue weighted by molar-refractivity contribution is 7.52.